The number of benzene rings is 2. The third-order valence-electron chi connectivity index (χ3n) is 2.97. The summed E-state index contributed by atoms with van der Waals surface area (Å²) in [6.07, 6.45) is 5.43. The molecular weight excluding hydrogens is 280 g/mol. The molecule has 0 aliphatic rings. The number of hydrogen-bond donors (Lipinski definition) is 0. The first-order chi connectivity index (χ1) is 10.2. The van der Waals surface area contributed by atoms with Crippen LogP contribution in [-0.2, 0) is 0 Å². The molecule has 0 aromatic heterocycles. The van der Waals surface area contributed by atoms with Gasteiger partial charge in [0.2, 0.25) is 0 Å². The van der Waals surface area contributed by atoms with Crippen LogP contribution in [0.5, 0.6) is 5.75 Å². The lowest BCUT2D eigenvalue weighted by Gasteiger charge is -2.03. The van der Waals surface area contributed by atoms with E-state index in [1.54, 1.807) is 17.8 Å². The third-order valence-corrected chi connectivity index (χ3v) is 3.71. The van der Waals surface area contributed by atoms with Crippen molar-refractivity contribution in [3.05, 3.63) is 65.7 Å². The Kier molecular flexibility index (Phi) is 5.64. The smallest absolute Gasteiger partial charge is 0.185 e. The Morgan fingerprint density at radius 3 is 2.62 bits per heavy atom. The van der Waals surface area contributed by atoms with Gasteiger partial charge < -0.3 is 4.74 Å². The summed E-state index contributed by atoms with van der Waals surface area (Å²) in [6.45, 7) is 2.58. The minimum Gasteiger partial charge on any atom is -0.494 e. The number of thioether (sulfide) groups is 1. The van der Waals surface area contributed by atoms with Gasteiger partial charge in [-0.1, -0.05) is 18.2 Å². The number of ether oxygens (including phenoxy) is 1. The van der Waals surface area contributed by atoms with Crippen LogP contribution in [0.3, 0.4) is 0 Å². The number of rotatable bonds is 6. The van der Waals surface area contributed by atoms with E-state index in [9.17, 15) is 4.79 Å². The molecule has 0 spiro atoms. The molecular formula is C18H18O2S. The molecule has 2 rings (SSSR count). The molecule has 108 valence electrons. The predicted molar refractivity (Wildman–Crippen MR) is 89.2 cm³/mol. The second-order valence-corrected chi connectivity index (χ2v) is 5.31. The van der Waals surface area contributed by atoms with Gasteiger partial charge in [-0.05, 0) is 61.2 Å². The zero-order valence-corrected chi connectivity index (χ0v) is 13.0. The Labute approximate surface area is 129 Å². The van der Waals surface area contributed by atoms with Gasteiger partial charge in [-0.15, -0.1) is 11.8 Å². The molecule has 0 radical (unpaired) electrons. The average molecular weight is 298 g/mol. The van der Waals surface area contributed by atoms with Gasteiger partial charge in [-0.3, -0.25) is 4.79 Å². The van der Waals surface area contributed by atoms with E-state index >= 15 is 0 Å². The van der Waals surface area contributed by atoms with Gasteiger partial charge in [0.15, 0.2) is 5.78 Å². The molecule has 0 N–H and O–H groups in total. The minimum absolute atomic E-state index is 0.00414. The second kappa shape index (κ2) is 7.70. The van der Waals surface area contributed by atoms with Gasteiger partial charge in [0.25, 0.3) is 0 Å². The van der Waals surface area contributed by atoms with Gasteiger partial charge in [-0.2, -0.15) is 0 Å². The Hall–Kier alpha value is -2.00. The lowest BCUT2D eigenvalue weighted by molar-refractivity contribution is 0.104. The van der Waals surface area contributed by atoms with E-state index in [0.29, 0.717) is 12.2 Å². The van der Waals surface area contributed by atoms with Crippen molar-refractivity contribution in [2.45, 2.75) is 11.8 Å². The topological polar surface area (TPSA) is 26.3 Å². The summed E-state index contributed by atoms with van der Waals surface area (Å²) in [6, 6.07) is 15.3. The summed E-state index contributed by atoms with van der Waals surface area (Å²) in [5.74, 6) is 0.820. The Morgan fingerprint density at radius 2 is 1.95 bits per heavy atom. The van der Waals surface area contributed by atoms with Crippen LogP contribution in [0.2, 0.25) is 0 Å². The quantitative estimate of drug-likeness (QED) is 0.439. The molecule has 0 heterocycles. The summed E-state index contributed by atoms with van der Waals surface area (Å²) in [5, 5.41) is 0. The van der Waals surface area contributed by atoms with Gasteiger partial charge in [-0.25, -0.2) is 0 Å². The van der Waals surface area contributed by atoms with E-state index < -0.39 is 0 Å². The summed E-state index contributed by atoms with van der Waals surface area (Å²) < 4.78 is 5.44. The van der Waals surface area contributed by atoms with E-state index in [1.165, 1.54) is 0 Å². The summed E-state index contributed by atoms with van der Waals surface area (Å²) in [5.41, 5.74) is 1.65. The molecule has 21 heavy (non-hydrogen) atoms. The van der Waals surface area contributed by atoms with Crippen LogP contribution in [-0.4, -0.2) is 18.6 Å². The molecule has 2 nitrogen and oxygen atoms in total. The summed E-state index contributed by atoms with van der Waals surface area (Å²) in [4.78, 5) is 13.3. The molecule has 0 aliphatic heterocycles. The first kappa shape index (κ1) is 15.4. The molecule has 0 saturated carbocycles. The van der Waals surface area contributed by atoms with Crippen LogP contribution in [0.25, 0.3) is 6.08 Å². The molecule has 0 atom stereocenters. The zero-order chi connectivity index (χ0) is 15.1. The zero-order valence-electron chi connectivity index (χ0n) is 12.2. The van der Waals surface area contributed by atoms with Crippen molar-refractivity contribution in [3.63, 3.8) is 0 Å². The average Bonchev–Trinajstić information content (AvgIpc) is 2.53. The van der Waals surface area contributed by atoms with E-state index in [1.807, 2.05) is 67.8 Å². The Bertz CT molecular complexity index is 630. The highest BCUT2D eigenvalue weighted by molar-refractivity contribution is 7.98. The van der Waals surface area contributed by atoms with Crippen LogP contribution >= 0.6 is 11.8 Å². The number of carbonyl (C=O) groups excluding carboxylic acids is 1. The molecule has 2 aromatic carbocycles. The van der Waals surface area contributed by atoms with Crippen LogP contribution in [0, 0.1) is 0 Å². The van der Waals surface area contributed by atoms with Crippen molar-refractivity contribution in [3.8, 4) is 5.75 Å². The van der Waals surface area contributed by atoms with Gasteiger partial charge in [0.05, 0.1) is 6.61 Å². The minimum atomic E-state index is 0.00414. The molecule has 0 fully saturated rings. The highest BCUT2D eigenvalue weighted by Crippen LogP contribution is 2.17. The second-order valence-electron chi connectivity index (χ2n) is 4.43. The van der Waals surface area contributed by atoms with Crippen LogP contribution in [0.1, 0.15) is 22.8 Å². The van der Waals surface area contributed by atoms with Crippen molar-refractivity contribution in [1.82, 2.24) is 0 Å². The van der Waals surface area contributed by atoms with Crippen molar-refractivity contribution in [2.75, 3.05) is 12.9 Å². The fraction of sp³-hybridized carbons (Fsp3) is 0.167. The van der Waals surface area contributed by atoms with E-state index in [2.05, 4.69) is 0 Å². The van der Waals surface area contributed by atoms with Crippen LogP contribution in [0.4, 0.5) is 0 Å². The number of allylic oxidation sites excluding steroid dienone is 1. The van der Waals surface area contributed by atoms with E-state index in [4.69, 9.17) is 4.74 Å². The molecule has 0 bridgehead atoms. The van der Waals surface area contributed by atoms with Crippen molar-refractivity contribution in [1.29, 1.82) is 0 Å². The number of ketones is 1. The van der Waals surface area contributed by atoms with Gasteiger partial charge in [0.1, 0.15) is 5.75 Å². The fourth-order valence-corrected chi connectivity index (χ4v) is 2.31. The van der Waals surface area contributed by atoms with E-state index in [0.717, 1.165) is 16.2 Å². The lowest BCUT2D eigenvalue weighted by Crippen LogP contribution is -1.94. The molecule has 0 saturated heterocycles. The number of hydrogen-bond acceptors (Lipinski definition) is 3. The van der Waals surface area contributed by atoms with Crippen molar-refractivity contribution >= 4 is 23.6 Å². The highest BCUT2D eigenvalue weighted by atomic mass is 32.2. The largest absolute Gasteiger partial charge is 0.494 e. The van der Waals surface area contributed by atoms with Gasteiger partial charge in [0, 0.05) is 10.5 Å². The SMILES string of the molecule is CCOc1cccc(C=CC(=O)c2ccc(SC)cc2)c1. The first-order valence-corrected chi connectivity index (χ1v) is 8.04. The maximum absolute atomic E-state index is 12.1. The maximum Gasteiger partial charge on any atom is 0.185 e. The summed E-state index contributed by atoms with van der Waals surface area (Å²) >= 11 is 1.66. The Morgan fingerprint density at radius 1 is 1.19 bits per heavy atom. The summed E-state index contributed by atoms with van der Waals surface area (Å²) in [7, 11) is 0. The first-order valence-electron chi connectivity index (χ1n) is 6.82. The van der Waals surface area contributed by atoms with Gasteiger partial charge >= 0.3 is 0 Å². The van der Waals surface area contributed by atoms with Crippen molar-refractivity contribution < 1.29 is 9.53 Å². The predicted octanol–water partition coefficient (Wildman–Crippen LogP) is 4.70. The van der Waals surface area contributed by atoms with Crippen LogP contribution < -0.4 is 4.74 Å². The highest BCUT2D eigenvalue weighted by Gasteiger charge is 2.01. The fourth-order valence-electron chi connectivity index (χ4n) is 1.90. The van der Waals surface area contributed by atoms with Crippen molar-refractivity contribution in [2.24, 2.45) is 0 Å². The van der Waals surface area contributed by atoms with E-state index in [-0.39, 0.29) is 5.78 Å². The monoisotopic (exact) mass is 298 g/mol. The Balaban J connectivity index is 2.08. The lowest BCUT2D eigenvalue weighted by atomic mass is 10.1. The normalized spacial score (nSPS) is 10.8. The third kappa shape index (κ3) is 4.50. The number of carbonyl (C=O) groups is 1. The van der Waals surface area contributed by atoms with Crippen LogP contribution in [0.15, 0.2) is 59.5 Å². The molecule has 0 amide bonds. The standard InChI is InChI=1S/C18H18O2S/c1-3-20-16-6-4-5-14(13-16)7-12-18(19)15-8-10-17(21-2)11-9-15/h4-13H,3H2,1-2H3. The maximum atomic E-state index is 12.1. The molecule has 0 aliphatic carbocycles. The molecule has 3 heteroatoms. The molecule has 0 unspecified atom stereocenters. The molecule has 2 aromatic rings.